The normalized spacial score (nSPS) is 12.6. The van der Waals surface area contributed by atoms with Crippen molar-refractivity contribution < 1.29 is 9.72 Å². The van der Waals surface area contributed by atoms with Crippen LogP contribution in [0.4, 0.5) is 0 Å². The highest BCUT2D eigenvalue weighted by atomic mass is 16.6. The monoisotopic (exact) mass is 333 g/mol. The van der Waals surface area contributed by atoms with E-state index < -0.39 is 0 Å². The second-order valence-corrected chi connectivity index (χ2v) is 5.64. The van der Waals surface area contributed by atoms with Crippen LogP contribution in [0.1, 0.15) is 71.1 Å². The number of allylic oxidation sites excluding steroid dienone is 7. The number of nitro groups is 1. The summed E-state index contributed by atoms with van der Waals surface area (Å²) in [4.78, 5) is 20.8. The molecule has 0 atom stereocenters. The molecular weight excluding hydrogens is 302 g/mol. The minimum Gasteiger partial charge on any atom is -0.303 e. The molecule has 0 aromatic heterocycles. The maximum atomic E-state index is 11.0. The van der Waals surface area contributed by atoms with Crippen molar-refractivity contribution in [2.45, 2.75) is 71.1 Å². The molecule has 0 fully saturated rings. The first-order valence-corrected chi connectivity index (χ1v) is 8.94. The van der Waals surface area contributed by atoms with Gasteiger partial charge in [-0.2, -0.15) is 0 Å². The van der Waals surface area contributed by atoms with E-state index in [4.69, 9.17) is 0 Å². The SMILES string of the molecule is CCCCC/C=C\C/C=C\C/C(=C\C/C=C\CCCC=O)[N+](=O)[O-]. The first-order chi connectivity index (χ1) is 11.7. The molecule has 0 rings (SSSR count). The number of hydrogen-bond donors (Lipinski definition) is 0. The Kier molecular flexibility index (Phi) is 16.0. The van der Waals surface area contributed by atoms with Crippen LogP contribution < -0.4 is 0 Å². The summed E-state index contributed by atoms with van der Waals surface area (Å²) in [7, 11) is 0. The Labute approximate surface area is 146 Å². The van der Waals surface area contributed by atoms with E-state index in [0.717, 1.165) is 32.0 Å². The van der Waals surface area contributed by atoms with Crippen molar-refractivity contribution in [1.29, 1.82) is 0 Å². The number of aldehydes is 1. The van der Waals surface area contributed by atoms with Gasteiger partial charge in [0.25, 0.3) is 0 Å². The number of unbranched alkanes of at least 4 members (excludes halogenated alkanes) is 5. The molecule has 0 aliphatic rings. The molecule has 0 spiro atoms. The zero-order valence-corrected chi connectivity index (χ0v) is 14.9. The van der Waals surface area contributed by atoms with Crippen molar-refractivity contribution in [2.24, 2.45) is 0 Å². The van der Waals surface area contributed by atoms with Gasteiger partial charge in [-0.15, -0.1) is 0 Å². The number of hydrogen-bond acceptors (Lipinski definition) is 3. The minimum absolute atomic E-state index is 0.232. The second-order valence-electron chi connectivity index (χ2n) is 5.64. The van der Waals surface area contributed by atoms with E-state index in [1.165, 1.54) is 19.3 Å². The van der Waals surface area contributed by atoms with Gasteiger partial charge in [-0.05, 0) is 44.6 Å². The number of carbonyl (C=O) groups excluding carboxylic acids is 1. The quantitative estimate of drug-likeness (QED) is 0.123. The highest BCUT2D eigenvalue weighted by molar-refractivity contribution is 5.49. The van der Waals surface area contributed by atoms with Crippen LogP contribution in [0.5, 0.6) is 0 Å². The molecule has 0 unspecified atom stereocenters. The molecule has 0 heterocycles. The summed E-state index contributed by atoms with van der Waals surface area (Å²) in [5.41, 5.74) is 0.232. The van der Waals surface area contributed by atoms with Gasteiger partial charge in [0.1, 0.15) is 6.29 Å². The Morgan fingerprint density at radius 1 is 0.875 bits per heavy atom. The van der Waals surface area contributed by atoms with Crippen LogP contribution in [0.2, 0.25) is 0 Å². The number of rotatable bonds is 15. The Bertz CT molecular complexity index is 448. The molecular formula is C20H31NO3. The van der Waals surface area contributed by atoms with E-state index in [1.54, 1.807) is 6.08 Å². The summed E-state index contributed by atoms with van der Waals surface area (Å²) in [5, 5.41) is 11.0. The molecule has 24 heavy (non-hydrogen) atoms. The summed E-state index contributed by atoms with van der Waals surface area (Å²) in [6.45, 7) is 2.19. The summed E-state index contributed by atoms with van der Waals surface area (Å²) >= 11 is 0. The number of carbonyl (C=O) groups is 1. The van der Waals surface area contributed by atoms with Crippen LogP contribution in [0.25, 0.3) is 0 Å². The third kappa shape index (κ3) is 14.9. The lowest BCUT2D eigenvalue weighted by Crippen LogP contribution is -1.97. The third-order valence-electron chi connectivity index (χ3n) is 3.49. The summed E-state index contributed by atoms with van der Waals surface area (Å²) in [6, 6.07) is 0. The molecule has 0 saturated carbocycles. The van der Waals surface area contributed by atoms with Crippen molar-refractivity contribution in [3.8, 4) is 0 Å². The Morgan fingerprint density at radius 3 is 2.21 bits per heavy atom. The third-order valence-corrected chi connectivity index (χ3v) is 3.49. The van der Waals surface area contributed by atoms with Gasteiger partial charge in [0.15, 0.2) is 0 Å². The van der Waals surface area contributed by atoms with Crippen LogP contribution in [-0.2, 0) is 4.79 Å². The van der Waals surface area contributed by atoms with Crippen molar-refractivity contribution >= 4 is 6.29 Å². The Morgan fingerprint density at radius 2 is 1.54 bits per heavy atom. The Hall–Kier alpha value is -1.97. The fraction of sp³-hybridized carbons (Fsp3) is 0.550. The average Bonchev–Trinajstić information content (AvgIpc) is 2.57. The molecule has 0 saturated heterocycles. The van der Waals surface area contributed by atoms with Crippen LogP contribution in [0.3, 0.4) is 0 Å². The highest BCUT2D eigenvalue weighted by Crippen LogP contribution is 2.07. The van der Waals surface area contributed by atoms with E-state index in [0.29, 0.717) is 19.3 Å². The van der Waals surface area contributed by atoms with Gasteiger partial charge < -0.3 is 4.79 Å². The molecule has 0 aromatic rings. The maximum absolute atomic E-state index is 11.0. The van der Waals surface area contributed by atoms with Crippen molar-refractivity contribution in [1.82, 2.24) is 0 Å². The van der Waals surface area contributed by atoms with Gasteiger partial charge in [-0.3, -0.25) is 10.1 Å². The van der Waals surface area contributed by atoms with Crippen molar-refractivity contribution in [3.05, 3.63) is 58.3 Å². The van der Waals surface area contributed by atoms with Crippen LogP contribution in [0, 0.1) is 10.1 Å². The van der Waals surface area contributed by atoms with Gasteiger partial charge in [-0.1, -0.05) is 56.2 Å². The van der Waals surface area contributed by atoms with Gasteiger partial charge in [0, 0.05) is 6.42 Å². The summed E-state index contributed by atoms with van der Waals surface area (Å²) in [5.74, 6) is 0. The molecule has 0 aliphatic heterocycles. The van der Waals surface area contributed by atoms with Gasteiger partial charge >= 0.3 is 0 Å². The van der Waals surface area contributed by atoms with Crippen LogP contribution in [-0.4, -0.2) is 11.2 Å². The first-order valence-electron chi connectivity index (χ1n) is 8.94. The zero-order chi connectivity index (χ0) is 17.9. The molecule has 4 heteroatoms. The first kappa shape index (κ1) is 22.0. The van der Waals surface area contributed by atoms with Gasteiger partial charge in [0.2, 0.25) is 5.70 Å². The van der Waals surface area contributed by atoms with Crippen molar-refractivity contribution in [3.63, 3.8) is 0 Å². The lowest BCUT2D eigenvalue weighted by Gasteiger charge is -1.94. The highest BCUT2D eigenvalue weighted by Gasteiger charge is 2.06. The topological polar surface area (TPSA) is 60.2 Å². The molecule has 0 amide bonds. The molecule has 0 aliphatic carbocycles. The summed E-state index contributed by atoms with van der Waals surface area (Å²) < 4.78 is 0. The molecule has 134 valence electrons. The van der Waals surface area contributed by atoms with E-state index >= 15 is 0 Å². The van der Waals surface area contributed by atoms with E-state index in [2.05, 4.69) is 19.1 Å². The Balaban J connectivity index is 4.02. The largest absolute Gasteiger partial charge is 0.303 e. The van der Waals surface area contributed by atoms with E-state index in [1.807, 2.05) is 24.3 Å². The van der Waals surface area contributed by atoms with Gasteiger partial charge in [0.05, 0.1) is 11.3 Å². The maximum Gasteiger partial charge on any atom is 0.246 e. The fourth-order valence-corrected chi connectivity index (χ4v) is 2.07. The lowest BCUT2D eigenvalue weighted by atomic mass is 10.2. The molecule has 0 bridgehead atoms. The van der Waals surface area contributed by atoms with Crippen molar-refractivity contribution in [2.75, 3.05) is 0 Å². The fourth-order valence-electron chi connectivity index (χ4n) is 2.07. The van der Waals surface area contributed by atoms with Crippen LogP contribution >= 0.6 is 0 Å². The smallest absolute Gasteiger partial charge is 0.246 e. The molecule has 0 radical (unpaired) electrons. The summed E-state index contributed by atoms with van der Waals surface area (Å²) in [6.07, 6.45) is 23.4. The minimum atomic E-state index is -0.314. The molecule has 0 aromatic carbocycles. The average molecular weight is 333 g/mol. The van der Waals surface area contributed by atoms with E-state index in [9.17, 15) is 14.9 Å². The number of nitrogens with zero attached hydrogens (tertiary/aromatic N) is 1. The molecule has 4 nitrogen and oxygen atoms in total. The predicted molar refractivity (Wildman–Crippen MR) is 100 cm³/mol. The second kappa shape index (κ2) is 17.4. The molecule has 0 N–H and O–H groups in total. The lowest BCUT2D eigenvalue weighted by molar-refractivity contribution is -0.427. The van der Waals surface area contributed by atoms with Crippen LogP contribution in [0.15, 0.2) is 48.2 Å². The van der Waals surface area contributed by atoms with E-state index in [-0.39, 0.29) is 10.6 Å². The zero-order valence-electron chi connectivity index (χ0n) is 14.9. The predicted octanol–water partition coefficient (Wildman–Crippen LogP) is 5.94. The van der Waals surface area contributed by atoms with Gasteiger partial charge in [-0.25, -0.2) is 0 Å². The standard InChI is InChI=1S/C20H31NO3/c1-2-3-4-5-6-7-8-11-14-17-20(21(23)24)18-15-12-9-10-13-16-19-22/h6-7,9,11-12,14,18-19H,2-5,8,10,13,15-17H2,1H3/b7-6-,12-9-,14-11-,20-18+.